The molecule has 6 nitrogen and oxygen atoms in total. The molecule has 0 radical (unpaired) electrons. The van der Waals surface area contributed by atoms with Gasteiger partial charge in [0.25, 0.3) is 5.91 Å². The highest BCUT2D eigenvalue weighted by molar-refractivity contribution is 5.92. The molecule has 0 atom stereocenters. The minimum absolute atomic E-state index is 0.0401. The van der Waals surface area contributed by atoms with E-state index in [1.807, 2.05) is 43.5 Å². The summed E-state index contributed by atoms with van der Waals surface area (Å²) in [6, 6.07) is 3.65. The number of aromatic nitrogens is 2. The molecule has 24 heavy (non-hydrogen) atoms. The number of likely N-dealkylation sites (N-methyl/N-ethyl adjacent to an activating group) is 1. The van der Waals surface area contributed by atoms with Crippen molar-refractivity contribution in [2.75, 3.05) is 33.8 Å². The van der Waals surface area contributed by atoms with E-state index in [4.69, 9.17) is 4.74 Å². The summed E-state index contributed by atoms with van der Waals surface area (Å²) in [5.41, 5.74) is 4.17. The van der Waals surface area contributed by atoms with Gasteiger partial charge in [0, 0.05) is 38.2 Å². The zero-order valence-electron chi connectivity index (χ0n) is 14.3. The molecular formula is C18H24N4O2. The topological polar surface area (TPSA) is 61.5 Å². The van der Waals surface area contributed by atoms with Crippen LogP contribution in [-0.4, -0.2) is 59.5 Å². The van der Waals surface area contributed by atoms with Crippen LogP contribution in [0.5, 0.6) is 0 Å². The third-order valence-electron chi connectivity index (χ3n) is 4.28. The number of rotatable bonds is 6. The molecule has 3 heterocycles. The number of aromatic amines is 1. The Kier molecular flexibility index (Phi) is 5.27. The molecule has 128 valence electrons. The Hall–Kier alpha value is -2.18. The molecule has 6 heteroatoms. The maximum atomic E-state index is 12.5. The summed E-state index contributed by atoms with van der Waals surface area (Å²) in [6.45, 7) is 3.51. The second kappa shape index (κ2) is 7.59. The highest BCUT2D eigenvalue weighted by atomic mass is 16.5. The molecule has 0 spiro atoms. The van der Waals surface area contributed by atoms with Gasteiger partial charge in [-0.25, -0.2) is 0 Å². The molecule has 2 aromatic rings. The number of ether oxygens (including phenoxy) is 1. The number of nitrogens with one attached hydrogen (secondary N) is 1. The third-order valence-corrected chi connectivity index (χ3v) is 4.28. The molecular weight excluding hydrogens is 304 g/mol. The predicted molar refractivity (Wildman–Crippen MR) is 91.7 cm³/mol. The van der Waals surface area contributed by atoms with E-state index in [9.17, 15) is 4.79 Å². The van der Waals surface area contributed by atoms with Crippen molar-refractivity contribution in [3.05, 3.63) is 53.1 Å². The molecule has 0 aliphatic carbocycles. The maximum absolute atomic E-state index is 12.5. The summed E-state index contributed by atoms with van der Waals surface area (Å²) in [4.78, 5) is 23.8. The van der Waals surface area contributed by atoms with Crippen molar-refractivity contribution < 1.29 is 9.53 Å². The minimum atomic E-state index is 0.0401. The lowest BCUT2D eigenvalue weighted by Crippen LogP contribution is -2.36. The largest absolute Gasteiger partial charge is 0.375 e. The van der Waals surface area contributed by atoms with E-state index in [-0.39, 0.29) is 5.91 Å². The summed E-state index contributed by atoms with van der Waals surface area (Å²) < 4.78 is 5.76. The molecule has 1 aliphatic heterocycles. The second-order valence-corrected chi connectivity index (χ2v) is 6.35. The zero-order valence-corrected chi connectivity index (χ0v) is 14.3. The maximum Gasteiger partial charge on any atom is 0.270 e. The number of hydrogen-bond donors (Lipinski definition) is 1. The summed E-state index contributed by atoms with van der Waals surface area (Å²) in [6.07, 6.45) is 6.37. The number of hydrogen-bond acceptors (Lipinski definition) is 4. The Morgan fingerprint density at radius 3 is 3.04 bits per heavy atom. The first-order chi connectivity index (χ1) is 11.6. The quantitative estimate of drug-likeness (QED) is 0.820. The van der Waals surface area contributed by atoms with Crippen LogP contribution in [0.4, 0.5) is 0 Å². The van der Waals surface area contributed by atoms with Crippen molar-refractivity contribution in [2.24, 2.45) is 0 Å². The molecule has 1 aliphatic rings. The van der Waals surface area contributed by atoms with E-state index < -0.39 is 0 Å². The first kappa shape index (κ1) is 16.7. The highest BCUT2D eigenvalue weighted by Gasteiger charge is 2.24. The van der Waals surface area contributed by atoms with Gasteiger partial charge in [0.05, 0.1) is 13.2 Å². The normalized spacial score (nSPS) is 14.0. The van der Waals surface area contributed by atoms with Crippen LogP contribution in [0.3, 0.4) is 0 Å². The predicted octanol–water partition coefficient (Wildman–Crippen LogP) is 1.69. The van der Waals surface area contributed by atoms with Crippen LogP contribution in [0.2, 0.25) is 0 Å². The van der Waals surface area contributed by atoms with Crippen molar-refractivity contribution in [1.82, 2.24) is 19.8 Å². The number of carbonyl (C=O) groups is 1. The van der Waals surface area contributed by atoms with E-state index in [1.165, 1.54) is 5.56 Å². The lowest BCUT2D eigenvalue weighted by atomic mass is 9.97. The van der Waals surface area contributed by atoms with Gasteiger partial charge in [0.2, 0.25) is 0 Å². The summed E-state index contributed by atoms with van der Waals surface area (Å²) >= 11 is 0. The van der Waals surface area contributed by atoms with E-state index in [2.05, 4.69) is 14.9 Å². The highest BCUT2D eigenvalue weighted by Crippen LogP contribution is 2.23. The first-order valence-electron chi connectivity index (χ1n) is 8.25. The van der Waals surface area contributed by atoms with Gasteiger partial charge in [-0.05, 0) is 49.3 Å². The average molecular weight is 328 g/mol. The molecule has 3 rings (SSSR count). The lowest BCUT2D eigenvalue weighted by Gasteiger charge is -2.29. The third kappa shape index (κ3) is 3.83. The van der Waals surface area contributed by atoms with Crippen LogP contribution < -0.4 is 0 Å². The van der Waals surface area contributed by atoms with Gasteiger partial charge >= 0.3 is 0 Å². The van der Waals surface area contributed by atoms with Crippen molar-refractivity contribution in [3.8, 4) is 0 Å². The van der Waals surface area contributed by atoms with Gasteiger partial charge < -0.3 is 19.5 Å². The van der Waals surface area contributed by atoms with Crippen molar-refractivity contribution in [2.45, 2.75) is 19.6 Å². The number of carbonyl (C=O) groups excluding carboxylic acids is 1. The second-order valence-electron chi connectivity index (χ2n) is 6.35. The minimum Gasteiger partial charge on any atom is -0.375 e. The molecule has 0 saturated heterocycles. The van der Waals surface area contributed by atoms with E-state index in [1.54, 1.807) is 6.20 Å². The van der Waals surface area contributed by atoms with Crippen molar-refractivity contribution >= 4 is 5.91 Å². The summed E-state index contributed by atoms with van der Waals surface area (Å²) in [5, 5.41) is 0. The SMILES string of the molecule is CN(C)CCOCc1cncc2c1CCN(C(=O)c1ccc[nH]1)C2. The summed E-state index contributed by atoms with van der Waals surface area (Å²) in [7, 11) is 4.07. The monoisotopic (exact) mass is 328 g/mol. The molecule has 2 aromatic heterocycles. The van der Waals surface area contributed by atoms with Gasteiger partial charge in [-0.3, -0.25) is 9.78 Å². The van der Waals surface area contributed by atoms with Gasteiger partial charge in [0.1, 0.15) is 5.69 Å². The number of pyridine rings is 1. The smallest absolute Gasteiger partial charge is 0.270 e. The van der Waals surface area contributed by atoms with E-state index in [0.29, 0.717) is 25.5 Å². The van der Waals surface area contributed by atoms with E-state index >= 15 is 0 Å². The van der Waals surface area contributed by atoms with Crippen LogP contribution in [-0.2, 0) is 24.3 Å². The average Bonchev–Trinajstić information content (AvgIpc) is 3.12. The molecule has 1 N–H and O–H groups in total. The fourth-order valence-corrected chi connectivity index (χ4v) is 2.93. The molecule has 0 aromatic carbocycles. The number of fused-ring (bicyclic) bond motifs is 1. The Morgan fingerprint density at radius 1 is 1.42 bits per heavy atom. The van der Waals surface area contributed by atoms with Crippen molar-refractivity contribution in [1.29, 1.82) is 0 Å². The summed E-state index contributed by atoms with van der Waals surface area (Å²) in [5.74, 6) is 0.0401. The van der Waals surface area contributed by atoms with Crippen LogP contribution in [0.15, 0.2) is 30.7 Å². The van der Waals surface area contributed by atoms with Gasteiger partial charge in [0.15, 0.2) is 0 Å². The van der Waals surface area contributed by atoms with Gasteiger partial charge in [-0.2, -0.15) is 0 Å². The van der Waals surface area contributed by atoms with Gasteiger partial charge in [-0.1, -0.05) is 0 Å². The Labute approximate surface area is 142 Å². The Bertz CT molecular complexity index is 682. The molecule has 0 bridgehead atoms. The van der Waals surface area contributed by atoms with E-state index in [0.717, 1.165) is 30.6 Å². The molecule has 0 saturated carbocycles. The van der Waals surface area contributed by atoms with Crippen LogP contribution in [0.25, 0.3) is 0 Å². The Morgan fingerprint density at radius 2 is 2.29 bits per heavy atom. The molecule has 0 unspecified atom stereocenters. The number of H-pyrrole nitrogens is 1. The van der Waals surface area contributed by atoms with Crippen LogP contribution in [0.1, 0.15) is 27.2 Å². The van der Waals surface area contributed by atoms with Crippen LogP contribution >= 0.6 is 0 Å². The zero-order chi connectivity index (χ0) is 16.9. The fourth-order valence-electron chi connectivity index (χ4n) is 2.93. The first-order valence-corrected chi connectivity index (χ1v) is 8.25. The molecule has 0 fully saturated rings. The van der Waals surface area contributed by atoms with Crippen molar-refractivity contribution in [3.63, 3.8) is 0 Å². The molecule has 1 amide bonds. The van der Waals surface area contributed by atoms with Crippen LogP contribution in [0, 0.1) is 0 Å². The fraction of sp³-hybridized carbons (Fsp3) is 0.444. The number of nitrogens with zero attached hydrogens (tertiary/aromatic N) is 3. The lowest BCUT2D eigenvalue weighted by molar-refractivity contribution is 0.0727. The Balaban J connectivity index is 1.65. The van der Waals surface area contributed by atoms with Gasteiger partial charge in [-0.15, -0.1) is 0 Å². The number of amides is 1. The standard InChI is InChI=1S/C18H24N4O2/c1-21(2)8-9-24-13-15-11-19-10-14-12-22(7-5-16(14)15)18(23)17-4-3-6-20-17/h3-4,6,10-11,20H,5,7-9,12-13H2,1-2H3.